The summed E-state index contributed by atoms with van der Waals surface area (Å²) in [7, 11) is 8.11. The van der Waals surface area contributed by atoms with Gasteiger partial charge < -0.3 is 24.8 Å². The fourth-order valence-electron chi connectivity index (χ4n) is 6.76. The Morgan fingerprint density at radius 3 is 2.62 bits per heavy atom. The summed E-state index contributed by atoms with van der Waals surface area (Å²) < 4.78 is 37.0. The van der Waals surface area contributed by atoms with Crippen LogP contribution in [0.2, 0.25) is 0 Å². The molecular formula is C36H49F2N7O2+2. The van der Waals surface area contributed by atoms with Gasteiger partial charge in [0.2, 0.25) is 5.82 Å². The van der Waals surface area contributed by atoms with Gasteiger partial charge in [-0.3, -0.25) is 9.20 Å². The highest BCUT2D eigenvalue weighted by Crippen LogP contribution is 2.32. The second-order valence-electron chi connectivity index (χ2n) is 13.7. The Balaban J connectivity index is 1.22. The third-order valence-corrected chi connectivity index (χ3v) is 9.56. The number of rotatable bonds is 13. The number of halogens is 2. The van der Waals surface area contributed by atoms with Crippen LogP contribution in [0.25, 0.3) is 16.9 Å². The van der Waals surface area contributed by atoms with Crippen molar-refractivity contribution in [2.75, 3.05) is 66.3 Å². The summed E-state index contributed by atoms with van der Waals surface area (Å²) in [4.78, 5) is 23.7. The summed E-state index contributed by atoms with van der Waals surface area (Å²) >= 11 is 0. The number of hydrogen-bond donors (Lipinski definition) is 3. The second kappa shape index (κ2) is 14.8. The maximum Gasteiger partial charge on any atom is 0.251 e. The number of benzene rings is 2. The predicted molar refractivity (Wildman–Crippen MR) is 181 cm³/mol. The number of amides is 1. The molecule has 1 aliphatic rings. The van der Waals surface area contributed by atoms with E-state index >= 15 is 0 Å². The van der Waals surface area contributed by atoms with Crippen LogP contribution in [0.15, 0.2) is 48.9 Å². The van der Waals surface area contributed by atoms with Crippen molar-refractivity contribution in [1.29, 1.82) is 0 Å². The van der Waals surface area contributed by atoms with Gasteiger partial charge in [-0.05, 0) is 48.2 Å². The van der Waals surface area contributed by atoms with E-state index in [4.69, 9.17) is 4.74 Å². The third-order valence-electron chi connectivity index (χ3n) is 9.56. The van der Waals surface area contributed by atoms with Crippen LogP contribution in [0.4, 0.5) is 20.3 Å². The van der Waals surface area contributed by atoms with Crippen molar-refractivity contribution in [3.05, 3.63) is 71.7 Å². The Morgan fingerprint density at radius 2 is 1.91 bits per heavy atom. The molecule has 2 aromatic carbocycles. The van der Waals surface area contributed by atoms with Gasteiger partial charge >= 0.3 is 0 Å². The molecule has 4 aromatic rings. The molecule has 0 spiro atoms. The number of ether oxygens (including phenoxy) is 1. The average Bonchev–Trinajstić information content (AvgIpc) is 3.49. The highest BCUT2D eigenvalue weighted by atomic mass is 19.2. The first-order chi connectivity index (χ1) is 22.5. The highest BCUT2D eigenvalue weighted by molar-refractivity contribution is 5.96. The van der Waals surface area contributed by atoms with Gasteiger partial charge in [0.25, 0.3) is 5.91 Å². The van der Waals surface area contributed by atoms with E-state index in [2.05, 4.69) is 48.7 Å². The van der Waals surface area contributed by atoms with Crippen LogP contribution in [0.3, 0.4) is 0 Å². The van der Waals surface area contributed by atoms with Gasteiger partial charge in [0.15, 0.2) is 23.0 Å². The Bertz CT molecular complexity index is 1700. The second-order valence-corrected chi connectivity index (χ2v) is 13.7. The SMILES string of the molecule is CCc1cc(Nc2nccn3c(-c4ccc(OC)c(F)c4F)cnc23)ccc1C(=O)NCC1CC[N+](C)(CC(C)CC[NH+](C)C)CC1. The molecule has 3 N–H and O–H groups in total. The fourth-order valence-corrected chi connectivity index (χ4v) is 6.76. The number of anilines is 2. The first kappa shape index (κ1) is 34.3. The molecule has 9 nitrogen and oxygen atoms in total. The zero-order valence-electron chi connectivity index (χ0n) is 28.5. The maximum absolute atomic E-state index is 14.9. The lowest BCUT2D eigenvalue weighted by molar-refractivity contribution is -0.919. The number of imidazole rings is 1. The van der Waals surface area contributed by atoms with Crippen LogP contribution in [-0.2, 0) is 6.42 Å². The molecule has 0 aliphatic carbocycles. The number of likely N-dealkylation sites (tertiary alicyclic amines) is 1. The first-order valence-corrected chi connectivity index (χ1v) is 16.7. The van der Waals surface area contributed by atoms with E-state index in [1.807, 2.05) is 25.1 Å². The van der Waals surface area contributed by atoms with E-state index in [9.17, 15) is 13.6 Å². The molecule has 1 unspecified atom stereocenters. The zero-order valence-corrected chi connectivity index (χ0v) is 28.5. The monoisotopic (exact) mass is 649 g/mol. The number of piperidine rings is 1. The van der Waals surface area contributed by atoms with Crippen LogP contribution >= 0.6 is 0 Å². The lowest BCUT2D eigenvalue weighted by Gasteiger charge is -2.42. The Labute approximate surface area is 276 Å². The van der Waals surface area contributed by atoms with Crippen molar-refractivity contribution in [3.8, 4) is 17.0 Å². The smallest absolute Gasteiger partial charge is 0.251 e. The summed E-state index contributed by atoms with van der Waals surface area (Å²) in [6.45, 7) is 9.84. The van der Waals surface area contributed by atoms with Gasteiger partial charge in [0.1, 0.15) is 0 Å². The molecule has 0 saturated carbocycles. The summed E-state index contributed by atoms with van der Waals surface area (Å²) in [5.74, 6) is -0.631. The third kappa shape index (κ3) is 7.90. The van der Waals surface area contributed by atoms with E-state index in [0.29, 0.717) is 47.5 Å². The van der Waals surface area contributed by atoms with Gasteiger partial charge in [0.05, 0.1) is 66.3 Å². The standard InChI is InChI=1S/C36H47F2N7O2/c1-7-26-20-27(42-34-35-40-22-30(44(35)17-15-39-34)29-10-11-31(47-6)33(38)32(29)37)8-9-28(26)36(46)41-21-25-13-18-45(5,19-14-25)23-24(2)12-16-43(3)4/h8-11,15,17,20,22,24-25H,7,12-14,16,18-19,21,23H2,1-6H3,(H-,39,41,42,46)/p+2. The van der Waals surface area contributed by atoms with Crippen molar-refractivity contribution in [2.24, 2.45) is 11.8 Å². The number of nitrogens with one attached hydrogen (secondary N) is 3. The molecule has 1 amide bonds. The van der Waals surface area contributed by atoms with Crippen molar-refractivity contribution in [1.82, 2.24) is 19.7 Å². The number of fused-ring (bicyclic) bond motifs is 1. The average molecular weight is 650 g/mol. The lowest BCUT2D eigenvalue weighted by Crippen LogP contribution is -3.05. The number of hydrogen-bond acceptors (Lipinski definition) is 5. The van der Waals surface area contributed by atoms with Crippen LogP contribution in [0.1, 0.15) is 49.0 Å². The number of aromatic nitrogens is 3. The predicted octanol–water partition coefficient (Wildman–Crippen LogP) is 4.75. The van der Waals surface area contributed by atoms with Crippen LogP contribution in [-0.4, -0.2) is 85.7 Å². The number of quaternary nitrogens is 2. The zero-order chi connectivity index (χ0) is 33.7. The minimum Gasteiger partial charge on any atom is -0.494 e. The van der Waals surface area contributed by atoms with E-state index in [1.54, 1.807) is 16.8 Å². The molecule has 1 fully saturated rings. The molecule has 2 aromatic heterocycles. The largest absolute Gasteiger partial charge is 0.494 e. The van der Waals surface area contributed by atoms with E-state index in [1.165, 1.54) is 49.8 Å². The highest BCUT2D eigenvalue weighted by Gasteiger charge is 2.32. The van der Waals surface area contributed by atoms with E-state index in [0.717, 1.165) is 41.7 Å². The van der Waals surface area contributed by atoms with Crippen molar-refractivity contribution >= 4 is 23.1 Å². The normalized spacial score (nSPS) is 18.8. The molecule has 47 heavy (non-hydrogen) atoms. The summed E-state index contributed by atoms with van der Waals surface area (Å²) in [6, 6.07) is 8.49. The topological polar surface area (TPSA) is 85.0 Å². The molecule has 11 heteroatoms. The molecule has 1 aliphatic heterocycles. The number of carbonyl (C=O) groups is 1. The minimum absolute atomic E-state index is 0.0529. The number of nitrogens with zero attached hydrogens (tertiary/aromatic N) is 4. The molecule has 1 atom stereocenters. The number of methoxy groups -OCH3 is 1. The number of aryl methyl sites for hydroxylation is 1. The molecule has 5 rings (SSSR count). The molecule has 252 valence electrons. The molecule has 1 saturated heterocycles. The van der Waals surface area contributed by atoms with Crippen molar-refractivity contribution in [2.45, 2.75) is 39.5 Å². The van der Waals surface area contributed by atoms with Gasteiger partial charge in [-0.25, -0.2) is 14.4 Å². The van der Waals surface area contributed by atoms with Gasteiger partial charge in [-0.1, -0.05) is 13.8 Å². The summed E-state index contributed by atoms with van der Waals surface area (Å²) in [6.07, 6.45) is 8.89. The number of carbonyl (C=O) groups excluding carboxylic acids is 1. The van der Waals surface area contributed by atoms with E-state index in [-0.39, 0.29) is 17.2 Å². The van der Waals surface area contributed by atoms with Crippen molar-refractivity contribution < 1.29 is 27.7 Å². The van der Waals surface area contributed by atoms with Crippen LogP contribution in [0.5, 0.6) is 5.75 Å². The Morgan fingerprint density at radius 1 is 1.15 bits per heavy atom. The fraction of sp³-hybridized carbons (Fsp3) is 0.472. The maximum atomic E-state index is 14.9. The molecular weight excluding hydrogens is 600 g/mol. The van der Waals surface area contributed by atoms with Gasteiger partial charge in [-0.2, -0.15) is 4.39 Å². The van der Waals surface area contributed by atoms with E-state index < -0.39 is 11.6 Å². The summed E-state index contributed by atoms with van der Waals surface area (Å²) in [5, 5.41) is 6.51. The molecule has 0 radical (unpaired) electrons. The Kier molecular flexibility index (Phi) is 10.8. The van der Waals surface area contributed by atoms with Crippen molar-refractivity contribution in [3.63, 3.8) is 0 Å². The van der Waals surface area contributed by atoms with Gasteiger partial charge in [-0.15, -0.1) is 0 Å². The summed E-state index contributed by atoms with van der Waals surface area (Å²) in [5.41, 5.74) is 3.21. The quantitative estimate of drug-likeness (QED) is 0.182. The first-order valence-electron chi connectivity index (χ1n) is 16.7. The lowest BCUT2D eigenvalue weighted by atomic mass is 9.93. The minimum atomic E-state index is -1.05. The Hall–Kier alpha value is -4.09. The molecule has 3 heterocycles. The van der Waals surface area contributed by atoms with Crippen LogP contribution in [0, 0.1) is 23.5 Å². The molecule has 0 bridgehead atoms. The van der Waals surface area contributed by atoms with Gasteiger partial charge in [0, 0.05) is 60.9 Å². The van der Waals surface area contributed by atoms with Crippen LogP contribution < -0.4 is 20.3 Å².